The predicted molar refractivity (Wildman–Crippen MR) is 109 cm³/mol. The van der Waals surface area contributed by atoms with E-state index < -0.39 is 13.4 Å². The SMILES string of the molecule is O=P(OCCOc1ccccc1)(OCCOc1ccccc1)OC(Cl)CCCl. The Kier molecular flexibility index (Phi) is 10.7. The zero-order valence-corrected chi connectivity index (χ0v) is 17.7. The Labute approximate surface area is 175 Å². The van der Waals surface area contributed by atoms with Crippen LogP contribution in [0.3, 0.4) is 0 Å². The van der Waals surface area contributed by atoms with Gasteiger partial charge in [-0.3, -0.25) is 13.6 Å². The molecule has 2 aromatic rings. The van der Waals surface area contributed by atoms with E-state index in [1.807, 2.05) is 60.7 Å². The van der Waals surface area contributed by atoms with Crippen LogP contribution in [-0.4, -0.2) is 37.9 Å². The molecule has 0 saturated heterocycles. The van der Waals surface area contributed by atoms with Crippen LogP contribution in [0.25, 0.3) is 0 Å². The van der Waals surface area contributed by atoms with Crippen molar-refractivity contribution in [2.75, 3.05) is 32.3 Å². The fraction of sp³-hybridized carbons (Fsp3) is 0.368. The largest absolute Gasteiger partial charge is 0.491 e. The highest BCUT2D eigenvalue weighted by Crippen LogP contribution is 2.51. The molecule has 0 aliphatic rings. The number of phosphoric acid groups is 1. The molecule has 154 valence electrons. The van der Waals surface area contributed by atoms with Crippen LogP contribution in [0.4, 0.5) is 0 Å². The molecule has 0 radical (unpaired) electrons. The maximum Gasteiger partial charge on any atom is 0.476 e. The Hall–Kier alpha value is -1.27. The molecule has 0 fully saturated rings. The highest BCUT2D eigenvalue weighted by Gasteiger charge is 2.30. The summed E-state index contributed by atoms with van der Waals surface area (Å²) >= 11 is 11.6. The van der Waals surface area contributed by atoms with Crippen molar-refractivity contribution in [3.8, 4) is 11.5 Å². The quantitative estimate of drug-likeness (QED) is 0.216. The second-order valence-electron chi connectivity index (χ2n) is 5.43. The third-order valence-electron chi connectivity index (χ3n) is 3.27. The number of ether oxygens (including phenoxy) is 2. The van der Waals surface area contributed by atoms with E-state index in [0.29, 0.717) is 17.9 Å². The van der Waals surface area contributed by atoms with Crippen LogP contribution in [0.5, 0.6) is 11.5 Å². The molecule has 2 aromatic carbocycles. The van der Waals surface area contributed by atoms with Crippen LogP contribution in [-0.2, 0) is 18.1 Å². The highest BCUT2D eigenvalue weighted by molar-refractivity contribution is 7.48. The van der Waals surface area contributed by atoms with Crippen molar-refractivity contribution in [2.45, 2.75) is 12.0 Å². The molecule has 1 atom stereocenters. The number of alkyl halides is 2. The zero-order chi connectivity index (χ0) is 20.1. The van der Waals surface area contributed by atoms with E-state index in [9.17, 15) is 4.57 Å². The van der Waals surface area contributed by atoms with Crippen molar-refractivity contribution in [2.24, 2.45) is 0 Å². The van der Waals surface area contributed by atoms with Gasteiger partial charge < -0.3 is 9.47 Å². The molecule has 2 rings (SSSR count). The van der Waals surface area contributed by atoms with Crippen molar-refractivity contribution in [1.82, 2.24) is 0 Å². The number of rotatable bonds is 14. The van der Waals surface area contributed by atoms with Gasteiger partial charge in [-0.15, -0.1) is 11.6 Å². The van der Waals surface area contributed by atoms with E-state index in [1.165, 1.54) is 0 Å². The number of hydrogen-bond donors (Lipinski definition) is 0. The average Bonchev–Trinajstić information content (AvgIpc) is 2.70. The molecule has 0 amide bonds. The fourth-order valence-electron chi connectivity index (χ4n) is 2.03. The third-order valence-corrected chi connectivity index (χ3v) is 5.43. The van der Waals surface area contributed by atoms with E-state index in [2.05, 4.69) is 0 Å². The van der Waals surface area contributed by atoms with E-state index in [0.717, 1.165) is 0 Å². The van der Waals surface area contributed by atoms with Crippen molar-refractivity contribution >= 4 is 31.0 Å². The first-order chi connectivity index (χ1) is 13.6. The molecule has 0 N–H and O–H groups in total. The molecule has 0 bridgehead atoms. The van der Waals surface area contributed by atoms with Crippen molar-refractivity contribution in [3.63, 3.8) is 0 Å². The van der Waals surface area contributed by atoms with E-state index in [1.54, 1.807) is 0 Å². The number of para-hydroxylation sites is 2. The average molecular weight is 449 g/mol. The van der Waals surface area contributed by atoms with Crippen molar-refractivity contribution in [3.05, 3.63) is 60.7 Å². The summed E-state index contributed by atoms with van der Waals surface area (Å²) in [6.07, 6.45) is 0.293. The number of hydrogen-bond acceptors (Lipinski definition) is 6. The summed E-state index contributed by atoms with van der Waals surface area (Å²) in [5.41, 5.74) is -0.895. The van der Waals surface area contributed by atoms with Gasteiger partial charge in [-0.25, -0.2) is 4.57 Å². The number of benzene rings is 2. The molecular weight excluding hydrogens is 426 g/mol. The monoisotopic (exact) mass is 448 g/mol. The third kappa shape index (κ3) is 9.28. The second-order valence-corrected chi connectivity index (χ2v) is 7.92. The minimum absolute atomic E-state index is 0.00377. The lowest BCUT2D eigenvalue weighted by Crippen LogP contribution is -2.14. The van der Waals surface area contributed by atoms with Gasteiger partial charge in [0.25, 0.3) is 0 Å². The summed E-state index contributed by atoms with van der Waals surface area (Å²) < 4.78 is 39.7. The normalized spacial score (nSPS) is 12.5. The van der Waals surface area contributed by atoms with Gasteiger partial charge in [-0.1, -0.05) is 48.0 Å². The van der Waals surface area contributed by atoms with E-state index in [-0.39, 0.29) is 32.3 Å². The van der Waals surface area contributed by atoms with Gasteiger partial charge in [0.1, 0.15) is 30.3 Å². The van der Waals surface area contributed by atoms with E-state index in [4.69, 9.17) is 46.2 Å². The Bertz CT molecular complexity index is 653. The lowest BCUT2D eigenvalue weighted by Gasteiger charge is -2.20. The standard InChI is InChI=1S/C19H23Cl2O6P/c20-12-11-19(21)27-28(22,25-15-13-23-17-7-3-1-4-8-17)26-16-14-24-18-9-5-2-6-10-18/h1-10,19H,11-16H2. The van der Waals surface area contributed by atoms with Gasteiger partial charge in [0, 0.05) is 12.3 Å². The molecule has 6 nitrogen and oxygen atoms in total. The van der Waals surface area contributed by atoms with Crippen LogP contribution >= 0.6 is 31.0 Å². The van der Waals surface area contributed by atoms with Crippen LogP contribution in [0.1, 0.15) is 6.42 Å². The molecule has 0 aliphatic carbocycles. The number of phosphoric ester groups is 1. The summed E-state index contributed by atoms with van der Waals surface area (Å²) in [7, 11) is -3.90. The molecule has 9 heteroatoms. The number of halogens is 2. The van der Waals surface area contributed by atoms with Crippen molar-refractivity contribution < 1.29 is 27.6 Å². The minimum atomic E-state index is -3.90. The second kappa shape index (κ2) is 13.0. The van der Waals surface area contributed by atoms with Gasteiger partial charge in [0.05, 0.1) is 13.2 Å². The van der Waals surface area contributed by atoms with Gasteiger partial charge in [-0.2, -0.15) is 0 Å². The summed E-state index contributed by atoms with van der Waals surface area (Å²) in [5.74, 6) is 1.61. The van der Waals surface area contributed by atoms with Crippen LogP contribution in [0.2, 0.25) is 0 Å². The van der Waals surface area contributed by atoms with Crippen LogP contribution < -0.4 is 9.47 Å². The summed E-state index contributed by atoms with van der Waals surface area (Å²) in [6.45, 7) is 0.333. The summed E-state index contributed by atoms with van der Waals surface area (Å²) in [4.78, 5) is 0. The van der Waals surface area contributed by atoms with Gasteiger partial charge >= 0.3 is 7.82 Å². The molecule has 0 spiro atoms. The first-order valence-electron chi connectivity index (χ1n) is 8.74. The van der Waals surface area contributed by atoms with Gasteiger partial charge in [-0.05, 0) is 24.3 Å². The topological polar surface area (TPSA) is 63.2 Å². The molecule has 28 heavy (non-hydrogen) atoms. The lowest BCUT2D eigenvalue weighted by molar-refractivity contribution is 0.0814. The van der Waals surface area contributed by atoms with Crippen molar-refractivity contribution in [1.29, 1.82) is 0 Å². The zero-order valence-electron chi connectivity index (χ0n) is 15.2. The highest BCUT2D eigenvalue weighted by atomic mass is 35.5. The van der Waals surface area contributed by atoms with Gasteiger partial charge in [0.15, 0.2) is 0 Å². The van der Waals surface area contributed by atoms with Crippen LogP contribution in [0, 0.1) is 0 Å². The first kappa shape index (κ1) is 23.0. The molecule has 0 aliphatic heterocycles. The molecule has 0 saturated carbocycles. The Morgan fingerprint density at radius 1 is 0.786 bits per heavy atom. The molecule has 0 heterocycles. The fourth-order valence-corrected chi connectivity index (χ4v) is 3.92. The van der Waals surface area contributed by atoms with E-state index >= 15 is 0 Å². The van der Waals surface area contributed by atoms with Crippen LogP contribution in [0.15, 0.2) is 60.7 Å². The Morgan fingerprint density at radius 2 is 1.25 bits per heavy atom. The molecule has 0 aromatic heterocycles. The summed E-state index contributed by atoms with van der Waals surface area (Å²) in [6, 6.07) is 18.4. The lowest BCUT2D eigenvalue weighted by atomic mass is 10.3. The smallest absolute Gasteiger partial charge is 0.476 e. The Balaban J connectivity index is 1.79. The minimum Gasteiger partial charge on any atom is -0.491 e. The Morgan fingerprint density at radius 3 is 1.68 bits per heavy atom. The summed E-state index contributed by atoms with van der Waals surface area (Å²) in [5, 5.41) is 0. The molecular formula is C19H23Cl2O6P. The maximum absolute atomic E-state index is 12.8. The van der Waals surface area contributed by atoms with Gasteiger partial charge in [0.2, 0.25) is 0 Å². The predicted octanol–water partition coefficient (Wildman–Crippen LogP) is 5.50. The maximum atomic E-state index is 12.8. The first-order valence-corrected chi connectivity index (χ1v) is 11.2. The molecule has 1 unspecified atom stereocenters.